The summed E-state index contributed by atoms with van der Waals surface area (Å²) in [6.07, 6.45) is 0.821. The van der Waals surface area contributed by atoms with E-state index in [1.165, 1.54) is 12.1 Å². The van der Waals surface area contributed by atoms with Gasteiger partial charge in [0, 0.05) is 18.2 Å². The first-order chi connectivity index (χ1) is 9.79. The number of likely N-dealkylation sites (tertiary alicyclic amines) is 1. The highest BCUT2D eigenvalue weighted by molar-refractivity contribution is 7.89. The van der Waals surface area contributed by atoms with Gasteiger partial charge < -0.3 is 10.6 Å². The predicted molar refractivity (Wildman–Crippen MR) is 87.7 cm³/mol. The van der Waals surface area contributed by atoms with Crippen LogP contribution in [0, 0.1) is 5.92 Å². The van der Waals surface area contributed by atoms with Crippen molar-refractivity contribution in [1.82, 2.24) is 9.62 Å². The summed E-state index contributed by atoms with van der Waals surface area (Å²) < 4.78 is 27.7. The molecule has 21 heavy (non-hydrogen) atoms. The number of nitrogens with zero attached hydrogens (tertiary/aromatic N) is 1. The third kappa shape index (κ3) is 4.00. The molecule has 1 aromatic carbocycles. The Balaban J connectivity index is 2.13. The summed E-state index contributed by atoms with van der Waals surface area (Å²) in [5.74, 6) is 0.286. The van der Waals surface area contributed by atoms with E-state index in [1.807, 2.05) is 0 Å². The maximum absolute atomic E-state index is 12.4. The number of nitrogens with two attached hydrogens (primary N) is 1. The normalized spacial score (nSPS) is 23.9. The molecule has 1 saturated heterocycles. The number of hydrogen-bond donors (Lipinski definition) is 2. The topological polar surface area (TPSA) is 75.4 Å². The van der Waals surface area contributed by atoms with E-state index in [0.29, 0.717) is 5.56 Å². The summed E-state index contributed by atoms with van der Waals surface area (Å²) >= 11 is 4.86. The zero-order valence-electron chi connectivity index (χ0n) is 12.2. The molecule has 1 heterocycles. The van der Waals surface area contributed by atoms with Gasteiger partial charge in [-0.15, -0.1) is 0 Å². The lowest BCUT2D eigenvalue weighted by Gasteiger charge is -2.34. The molecule has 0 amide bonds. The Bertz CT molecular complexity index is 614. The maximum atomic E-state index is 12.4. The van der Waals surface area contributed by atoms with Crippen LogP contribution in [0.2, 0.25) is 0 Å². The lowest BCUT2D eigenvalue weighted by molar-refractivity contribution is 0.188. The lowest BCUT2D eigenvalue weighted by atomic mass is 9.95. The molecule has 1 aromatic rings. The van der Waals surface area contributed by atoms with Crippen molar-refractivity contribution in [3.63, 3.8) is 0 Å². The van der Waals surface area contributed by atoms with Crippen LogP contribution in [0.5, 0.6) is 0 Å². The molecule has 2 atom stereocenters. The first-order valence-electron chi connectivity index (χ1n) is 6.90. The molecule has 7 heteroatoms. The number of thiocarbonyl (C=S) groups is 1. The van der Waals surface area contributed by atoms with Crippen molar-refractivity contribution >= 4 is 27.2 Å². The van der Waals surface area contributed by atoms with Crippen LogP contribution in [-0.4, -0.2) is 44.5 Å². The molecule has 1 aliphatic heterocycles. The van der Waals surface area contributed by atoms with E-state index in [2.05, 4.69) is 23.6 Å². The fourth-order valence-corrected chi connectivity index (χ4v) is 4.11. The van der Waals surface area contributed by atoms with Gasteiger partial charge in [-0.25, -0.2) is 13.1 Å². The van der Waals surface area contributed by atoms with Crippen LogP contribution in [0.25, 0.3) is 0 Å². The highest BCUT2D eigenvalue weighted by atomic mass is 32.2. The lowest BCUT2D eigenvalue weighted by Crippen LogP contribution is -2.48. The Kier molecular flexibility index (Phi) is 4.98. The average molecular weight is 327 g/mol. The minimum Gasteiger partial charge on any atom is -0.389 e. The summed E-state index contributed by atoms with van der Waals surface area (Å²) in [6.45, 7) is 3.87. The van der Waals surface area contributed by atoms with Crippen molar-refractivity contribution in [2.24, 2.45) is 11.7 Å². The van der Waals surface area contributed by atoms with Crippen LogP contribution in [-0.2, 0) is 10.0 Å². The maximum Gasteiger partial charge on any atom is 0.240 e. The molecule has 0 radical (unpaired) electrons. The number of nitrogens with one attached hydrogen (secondary N) is 1. The van der Waals surface area contributed by atoms with Gasteiger partial charge in [-0.3, -0.25) is 0 Å². The number of rotatable bonds is 4. The largest absolute Gasteiger partial charge is 0.389 e. The molecule has 0 saturated carbocycles. The van der Waals surface area contributed by atoms with Crippen LogP contribution < -0.4 is 10.5 Å². The first-order valence-corrected chi connectivity index (χ1v) is 8.79. The zero-order valence-corrected chi connectivity index (χ0v) is 13.9. The van der Waals surface area contributed by atoms with Gasteiger partial charge in [-0.05, 0) is 38.1 Å². The summed E-state index contributed by atoms with van der Waals surface area (Å²) in [5.41, 5.74) is 6.18. The molecule has 5 nitrogen and oxygen atoms in total. The third-order valence-electron chi connectivity index (χ3n) is 3.86. The summed E-state index contributed by atoms with van der Waals surface area (Å²) in [6, 6.07) is 6.32. The quantitative estimate of drug-likeness (QED) is 0.805. The molecule has 0 bridgehead atoms. The van der Waals surface area contributed by atoms with E-state index >= 15 is 0 Å². The minimum absolute atomic E-state index is 0.0264. The summed E-state index contributed by atoms with van der Waals surface area (Å²) in [7, 11) is -1.45. The van der Waals surface area contributed by atoms with Gasteiger partial charge in [0.1, 0.15) is 4.99 Å². The van der Waals surface area contributed by atoms with Crippen LogP contribution in [0.3, 0.4) is 0 Å². The highest BCUT2D eigenvalue weighted by Crippen LogP contribution is 2.19. The zero-order chi connectivity index (χ0) is 15.6. The molecular formula is C14H21N3O2S2. The monoisotopic (exact) mass is 327 g/mol. The van der Waals surface area contributed by atoms with Crippen LogP contribution in [0.4, 0.5) is 0 Å². The molecular weight excluding hydrogens is 306 g/mol. The van der Waals surface area contributed by atoms with E-state index in [-0.39, 0.29) is 21.8 Å². The first kappa shape index (κ1) is 16.4. The van der Waals surface area contributed by atoms with Crippen molar-refractivity contribution < 1.29 is 8.42 Å². The van der Waals surface area contributed by atoms with E-state index < -0.39 is 10.0 Å². The Hall–Kier alpha value is -1.02. The molecule has 3 N–H and O–H groups in total. The minimum atomic E-state index is -3.51. The van der Waals surface area contributed by atoms with Crippen LogP contribution in [0.15, 0.2) is 29.2 Å². The Morgan fingerprint density at radius 3 is 2.52 bits per heavy atom. The summed E-state index contributed by atoms with van der Waals surface area (Å²) in [4.78, 5) is 2.72. The third-order valence-corrected chi connectivity index (χ3v) is 5.61. The second kappa shape index (κ2) is 6.39. The van der Waals surface area contributed by atoms with E-state index in [4.69, 9.17) is 18.0 Å². The van der Waals surface area contributed by atoms with Crippen molar-refractivity contribution in [3.8, 4) is 0 Å². The number of sulfonamides is 1. The highest BCUT2D eigenvalue weighted by Gasteiger charge is 2.28. The van der Waals surface area contributed by atoms with E-state index in [1.54, 1.807) is 12.1 Å². The van der Waals surface area contributed by atoms with Crippen molar-refractivity contribution in [3.05, 3.63) is 29.8 Å². The summed E-state index contributed by atoms with van der Waals surface area (Å²) in [5, 5.41) is 0. The predicted octanol–water partition coefficient (Wildman–Crippen LogP) is 0.939. The second-order valence-electron chi connectivity index (χ2n) is 5.64. The Labute approximate surface area is 131 Å². The Morgan fingerprint density at radius 2 is 2.00 bits per heavy atom. The number of benzene rings is 1. The van der Waals surface area contributed by atoms with Crippen molar-refractivity contribution in [2.75, 3.05) is 20.1 Å². The van der Waals surface area contributed by atoms with Gasteiger partial charge in [0.25, 0.3) is 0 Å². The van der Waals surface area contributed by atoms with Gasteiger partial charge in [0.05, 0.1) is 4.90 Å². The number of hydrogen-bond acceptors (Lipinski definition) is 4. The standard InChI is InChI=1S/C14H21N3O2S2/c1-10-9-17(2)8-7-13(10)16-21(18,19)12-5-3-11(4-6-12)14(15)20/h3-6,10,13,16H,7-9H2,1-2H3,(H2,15,20). The van der Waals surface area contributed by atoms with Gasteiger partial charge in [0.2, 0.25) is 10.0 Å². The van der Waals surface area contributed by atoms with E-state index in [9.17, 15) is 8.42 Å². The molecule has 0 aromatic heterocycles. The fourth-order valence-electron chi connectivity index (χ4n) is 2.59. The molecule has 2 unspecified atom stereocenters. The fraction of sp³-hybridized carbons (Fsp3) is 0.500. The average Bonchev–Trinajstić information content (AvgIpc) is 2.42. The molecule has 116 valence electrons. The molecule has 2 rings (SSSR count). The molecule has 0 spiro atoms. The second-order valence-corrected chi connectivity index (χ2v) is 7.80. The van der Waals surface area contributed by atoms with Crippen molar-refractivity contribution in [1.29, 1.82) is 0 Å². The molecule has 1 fully saturated rings. The smallest absolute Gasteiger partial charge is 0.240 e. The van der Waals surface area contributed by atoms with Gasteiger partial charge in [0.15, 0.2) is 0 Å². The van der Waals surface area contributed by atoms with Crippen molar-refractivity contribution in [2.45, 2.75) is 24.3 Å². The van der Waals surface area contributed by atoms with Gasteiger partial charge in [-0.2, -0.15) is 0 Å². The molecule has 0 aliphatic carbocycles. The Morgan fingerprint density at radius 1 is 1.38 bits per heavy atom. The van der Waals surface area contributed by atoms with Crippen LogP contribution in [0.1, 0.15) is 18.9 Å². The van der Waals surface area contributed by atoms with Gasteiger partial charge >= 0.3 is 0 Å². The SMILES string of the molecule is CC1CN(C)CCC1NS(=O)(=O)c1ccc(C(N)=S)cc1. The van der Waals surface area contributed by atoms with E-state index in [0.717, 1.165) is 19.5 Å². The van der Waals surface area contributed by atoms with Gasteiger partial charge in [-0.1, -0.05) is 31.3 Å². The number of piperidine rings is 1. The van der Waals surface area contributed by atoms with Crippen LogP contribution >= 0.6 is 12.2 Å². The molecule has 1 aliphatic rings.